The van der Waals surface area contributed by atoms with Gasteiger partial charge >= 0.3 is 0 Å². The number of aromatic nitrogens is 6. The van der Waals surface area contributed by atoms with E-state index in [1.807, 2.05) is 10.8 Å². The first-order valence-electron chi connectivity index (χ1n) is 9.68. The fourth-order valence-corrected chi connectivity index (χ4v) is 3.18. The molecule has 4 rings (SSSR count). The number of aryl methyl sites for hydroxylation is 1. The average molecular weight is 419 g/mol. The van der Waals surface area contributed by atoms with Crippen molar-refractivity contribution in [2.24, 2.45) is 0 Å². The van der Waals surface area contributed by atoms with Gasteiger partial charge in [-0.25, -0.2) is 19.6 Å². The number of imidazole rings is 1. The molecule has 4 aromatic rings. The smallest absolute Gasteiger partial charge is 0.273 e. The summed E-state index contributed by atoms with van der Waals surface area (Å²) in [5.74, 6) is 0.289. The van der Waals surface area contributed by atoms with Gasteiger partial charge in [0.25, 0.3) is 11.5 Å². The van der Waals surface area contributed by atoms with E-state index in [1.54, 1.807) is 43.0 Å². The molecule has 0 fully saturated rings. The molecular weight excluding hydrogens is 398 g/mol. The van der Waals surface area contributed by atoms with Gasteiger partial charge in [-0.15, -0.1) is 0 Å². The van der Waals surface area contributed by atoms with Crippen molar-refractivity contribution in [1.82, 2.24) is 34.6 Å². The Kier molecular flexibility index (Phi) is 5.88. The van der Waals surface area contributed by atoms with Crippen LogP contribution in [0.15, 0.2) is 66.2 Å². The summed E-state index contributed by atoms with van der Waals surface area (Å²) in [5, 5.41) is 5.88. The summed E-state index contributed by atoms with van der Waals surface area (Å²) in [6.07, 6.45) is 9.18. The number of amides is 1. The molecule has 10 nitrogen and oxygen atoms in total. The highest BCUT2D eigenvalue weighted by molar-refractivity contribution is 5.97. The first-order valence-corrected chi connectivity index (χ1v) is 9.68. The molecule has 1 amide bonds. The van der Waals surface area contributed by atoms with Crippen LogP contribution in [0, 0.1) is 0 Å². The Hall–Kier alpha value is -4.21. The Morgan fingerprint density at radius 1 is 1.19 bits per heavy atom. The highest BCUT2D eigenvalue weighted by Crippen LogP contribution is 2.25. The number of hydrogen-bond acceptors (Lipinski definition) is 6. The third-order valence-electron chi connectivity index (χ3n) is 4.66. The zero-order valence-corrected chi connectivity index (χ0v) is 16.9. The van der Waals surface area contributed by atoms with Crippen molar-refractivity contribution in [3.8, 4) is 23.0 Å². The number of nitrogens with one attached hydrogen (secondary N) is 2. The van der Waals surface area contributed by atoms with Gasteiger partial charge in [0.2, 0.25) is 5.88 Å². The van der Waals surface area contributed by atoms with E-state index in [1.165, 1.54) is 24.1 Å². The number of nitrogens with zero attached hydrogens (tertiary/aromatic N) is 5. The first kappa shape index (κ1) is 20.1. The second-order valence-corrected chi connectivity index (χ2v) is 6.69. The molecule has 4 heterocycles. The molecule has 0 aliphatic rings. The molecule has 158 valence electrons. The third kappa shape index (κ3) is 4.37. The van der Waals surface area contributed by atoms with Crippen LogP contribution in [0.4, 0.5) is 0 Å². The number of aromatic amines is 1. The monoisotopic (exact) mass is 419 g/mol. The molecule has 0 aromatic carbocycles. The molecule has 2 N–H and O–H groups in total. The van der Waals surface area contributed by atoms with Crippen LogP contribution < -0.4 is 15.6 Å². The molecular formula is C21H21N7O3. The molecule has 0 radical (unpaired) electrons. The summed E-state index contributed by atoms with van der Waals surface area (Å²) in [6, 6.07) is 8.24. The summed E-state index contributed by atoms with van der Waals surface area (Å²) in [6.45, 7) is 1.22. The minimum absolute atomic E-state index is 0.216. The number of hydrogen-bond donors (Lipinski definition) is 2. The third-order valence-corrected chi connectivity index (χ3v) is 4.66. The Morgan fingerprint density at radius 2 is 2.03 bits per heavy atom. The normalized spacial score (nSPS) is 10.7. The van der Waals surface area contributed by atoms with E-state index in [9.17, 15) is 9.59 Å². The van der Waals surface area contributed by atoms with E-state index >= 15 is 0 Å². The number of H-pyrrole nitrogens is 1. The van der Waals surface area contributed by atoms with Crippen LogP contribution in [-0.4, -0.2) is 48.9 Å². The van der Waals surface area contributed by atoms with Crippen molar-refractivity contribution in [3.63, 3.8) is 0 Å². The van der Waals surface area contributed by atoms with Crippen LogP contribution in [0.2, 0.25) is 0 Å². The van der Waals surface area contributed by atoms with Gasteiger partial charge in [0, 0.05) is 43.9 Å². The molecule has 4 aromatic heterocycles. The lowest BCUT2D eigenvalue weighted by molar-refractivity contribution is 0.0952. The summed E-state index contributed by atoms with van der Waals surface area (Å²) in [5.41, 5.74) is 1.07. The van der Waals surface area contributed by atoms with Crippen molar-refractivity contribution in [2.75, 3.05) is 13.7 Å². The predicted octanol–water partition coefficient (Wildman–Crippen LogP) is 1.65. The molecule has 0 aliphatic carbocycles. The van der Waals surface area contributed by atoms with E-state index in [4.69, 9.17) is 4.74 Å². The van der Waals surface area contributed by atoms with Crippen molar-refractivity contribution in [2.45, 2.75) is 13.0 Å². The van der Waals surface area contributed by atoms with Crippen molar-refractivity contribution in [1.29, 1.82) is 0 Å². The lowest BCUT2D eigenvalue weighted by atomic mass is 10.2. The van der Waals surface area contributed by atoms with Gasteiger partial charge in [0.1, 0.15) is 0 Å². The van der Waals surface area contributed by atoms with Crippen LogP contribution in [0.5, 0.6) is 5.88 Å². The van der Waals surface area contributed by atoms with E-state index in [-0.39, 0.29) is 17.3 Å². The Bertz CT molecular complexity index is 1230. The van der Waals surface area contributed by atoms with Gasteiger partial charge in [-0.05, 0) is 30.7 Å². The number of methoxy groups -OCH3 is 1. The summed E-state index contributed by atoms with van der Waals surface area (Å²) < 4.78 is 8.45. The van der Waals surface area contributed by atoms with E-state index in [2.05, 4.69) is 25.4 Å². The average Bonchev–Trinajstić information content (AvgIpc) is 3.46. The molecule has 31 heavy (non-hydrogen) atoms. The fourth-order valence-electron chi connectivity index (χ4n) is 3.18. The topological polar surface area (TPSA) is 120 Å². The highest BCUT2D eigenvalue weighted by atomic mass is 16.5. The molecule has 0 unspecified atom stereocenters. The quantitative estimate of drug-likeness (QED) is 0.419. The lowest BCUT2D eigenvalue weighted by Crippen LogP contribution is -2.28. The number of carbonyl (C=O) groups is 1. The SMILES string of the molecule is COc1ncccc1-c1cc(=O)n(-c2ncccc2C(=O)NCCCn2ccnc2)[nH]1. The Morgan fingerprint density at radius 3 is 2.84 bits per heavy atom. The van der Waals surface area contributed by atoms with Gasteiger partial charge in [0.05, 0.1) is 30.3 Å². The van der Waals surface area contributed by atoms with Crippen LogP contribution >= 0.6 is 0 Å². The van der Waals surface area contributed by atoms with Gasteiger partial charge in [-0.2, -0.15) is 0 Å². The summed E-state index contributed by atoms with van der Waals surface area (Å²) in [4.78, 5) is 37.8. The standard InChI is InChI=1S/C21H21N7O3/c1-31-21-15(5-2-8-25-21)17-13-18(29)28(26-17)19-16(6-3-7-23-19)20(30)24-9-4-11-27-12-10-22-14-27/h2-3,5-8,10,12-14,26H,4,9,11H2,1H3,(H,24,30). The van der Waals surface area contributed by atoms with Crippen molar-refractivity contribution in [3.05, 3.63) is 77.4 Å². The Balaban J connectivity index is 1.55. The zero-order valence-electron chi connectivity index (χ0n) is 16.9. The molecule has 0 saturated heterocycles. The van der Waals surface area contributed by atoms with E-state index in [0.717, 1.165) is 13.0 Å². The molecule has 0 saturated carbocycles. The number of carbonyl (C=O) groups excluding carboxylic acids is 1. The maximum atomic E-state index is 12.8. The molecule has 0 bridgehead atoms. The number of rotatable bonds is 8. The molecule has 0 atom stereocenters. The zero-order chi connectivity index (χ0) is 21.6. The van der Waals surface area contributed by atoms with Crippen molar-refractivity contribution < 1.29 is 9.53 Å². The summed E-state index contributed by atoms with van der Waals surface area (Å²) >= 11 is 0. The van der Waals surface area contributed by atoms with Gasteiger partial charge in [0.15, 0.2) is 5.82 Å². The molecule has 10 heteroatoms. The van der Waals surface area contributed by atoms with Gasteiger partial charge in [-0.3, -0.25) is 14.7 Å². The minimum atomic E-state index is -0.353. The number of ether oxygens (including phenoxy) is 1. The summed E-state index contributed by atoms with van der Waals surface area (Å²) in [7, 11) is 1.51. The van der Waals surface area contributed by atoms with Crippen molar-refractivity contribution >= 4 is 5.91 Å². The first-order chi connectivity index (χ1) is 15.2. The maximum absolute atomic E-state index is 12.8. The maximum Gasteiger partial charge on any atom is 0.273 e. The predicted molar refractivity (Wildman–Crippen MR) is 113 cm³/mol. The highest BCUT2D eigenvalue weighted by Gasteiger charge is 2.18. The molecule has 0 spiro atoms. The number of pyridine rings is 2. The van der Waals surface area contributed by atoms with Crippen LogP contribution in [0.25, 0.3) is 17.1 Å². The van der Waals surface area contributed by atoms with E-state index < -0.39 is 0 Å². The second kappa shape index (κ2) is 9.08. The fraction of sp³-hybridized carbons (Fsp3) is 0.190. The Labute approximate surface area is 177 Å². The van der Waals surface area contributed by atoms with Gasteiger partial charge in [-0.1, -0.05) is 0 Å². The van der Waals surface area contributed by atoms with Crippen LogP contribution in [0.3, 0.4) is 0 Å². The lowest BCUT2D eigenvalue weighted by Gasteiger charge is -2.10. The molecule has 0 aliphatic heterocycles. The van der Waals surface area contributed by atoms with Gasteiger partial charge < -0.3 is 14.6 Å². The van der Waals surface area contributed by atoms with Crippen LogP contribution in [0.1, 0.15) is 16.8 Å². The largest absolute Gasteiger partial charge is 0.481 e. The van der Waals surface area contributed by atoms with E-state index in [0.29, 0.717) is 29.2 Å². The minimum Gasteiger partial charge on any atom is -0.481 e. The second-order valence-electron chi connectivity index (χ2n) is 6.69. The van der Waals surface area contributed by atoms with Crippen LogP contribution in [-0.2, 0) is 6.54 Å².